The van der Waals surface area contributed by atoms with Gasteiger partial charge in [-0.05, 0) is 62.4 Å². The van der Waals surface area contributed by atoms with E-state index < -0.39 is 53.9 Å². The number of amides is 2. The lowest BCUT2D eigenvalue weighted by Gasteiger charge is -2.13. The smallest absolute Gasteiger partial charge is 0.282 e. The van der Waals surface area contributed by atoms with Gasteiger partial charge >= 0.3 is 0 Å². The van der Waals surface area contributed by atoms with Crippen LogP contribution in [0.1, 0.15) is 13.8 Å². The molecule has 50 heavy (non-hydrogen) atoms. The van der Waals surface area contributed by atoms with Gasteiger partial charge in [-0.15, -0.1) is 0 Å². The Balaban J connectivity index is 1.30. The largest absolute Gasteiger partial charge is 0.295 e. The molecule has 2 amide bonds. The van der Waals surface area contributed by atoms with Crippen molar-refractivity contribution >= 4 is 66.2 Å². The topological polar surface area (TPSA) is 224 Å². The molecular formula is C32H26N8O8S2. The molecule has 0 radical (unpaired) electrons. The first kappa shape index (κ1) is 34.1. The van der Waals surface area contributed by atoms with Gasteiger partial charge in [-0.1, -0.05) is 48.5 Å². The van der Waals surface area contributed by atoms with Crippen LogP contribution in [-0.2, 0) is 29.8 Å². The van der Waals surface area contributed by atoms with Crippen molar-refractivity contribution in [2.75, 3.05) is 10.0 Å². The standard InChI is InChI=1S/C32H26N8O8S2/c1-19-29(31(41)39(37-19)23-9-5-3-6-10-23)35-33-21-13-15-25(27(17-21)49(43,44)45)26-16-14-22(18-28(26)50(46,47)48)34-36-30-20(2)38-40(32(30)42)24-11-7-4-8-12-24/h3-18,29-30H,1-2H3,(H,43,44,45)(H,46,47,48)/t29-,30-/m1/s1. The van der Waals surface area contributed by atoms with Gasteiger partial charge in [-0.3, -0.25) is 18.7 Å². The summed E-state index contributed by atoms with van der Waals surface area (Å²) in [5, 5.41) is 26.9. The molecule has 0 unspecified atom stereocenters. The second-order valence-corrected chi connectivity index (χ2v) is 13.8. The molecule has 4 aromatic carbocycles. The van der Waals surface area contributed by atoms with Crippen LogP contribution in [0.2, 0.25) is 0 Å². The molecule has 0 aromatic heterocycles. The van der Waals surface area contributed by atoms with Gasteiger partial charge in [0.1, 0.15) is 9.79 Å². The molecule has 0 bridgehead atoms. The molecule has 4 aromatic rings. The van der Waals surface area contributed by atoms with Crippen molar-refractivity contribution in [1.82, 2.24) is 0 Å². The molecule has 254 valence electrons. The SMILES string of the molecule is CC1=NN(c2ccccc2)C(=O)[C@@H]1N=Nc1ccc(-c2ccc(N=N[C@H]3C(=O)N(c4ccccc4)N=C3C)cc2S(=O)(=O)O)c(S(=O)(=O)O)c1. The Bertz CT molecular complexity index is 2200. The summed E-state index contributed by atoms with van der Waals surface area (Å²) >= 11 is 0. The monoisotopic (exact) mass is 714 g/mol. The predicted octanol–water partition coefficient (Wildman–Crippen LogP) is 5.60. The summed E-state index contributed by atoms with van der Waals surface area (Å²) in [4.78, 5) is 24.5. The maximum atomic E-state index is 13.0. The number of hydrogen-bond donors (Lipinski definition) is 2. The number of rotatable bonds is 9. The van der Waals surface area contributed by atoms with Gasteiger partial charge in [0.05, 0.1) is 34.2 Å². The lowest BCUT2D eigenvalue weighted by molar-refractivity contribution is -0.118. The Kier molecular flexibility index (Phi) is 9.02. The Morgan fingerprint density at radius 1 is 0.580 bits per heavy atom. The zero-order chi connectivity index (χ0) is 35.8. The molecule has 0 spiro atoms. The van der Waals surface area contributed by atoms with Crippen LogP contribution in [-0.4, -0.2) is 61.3 Å². The molecule has 6 rings (SSSR count). The van der Waals surface area contributed by atoms with E-state index in [0.717, 1.165) is 24.3 Å². The zero-order valence-corrected chi connectivity index (χ0v) is 27.8. The van der Waals surface area contributed by atoms with Gasteiger partial charge in [-0.2, -0.15) is 57.5 Å². The fourth-order valence-electron chi connectivity index (χ4n) is 5.15. The average Bonchev–Trinajstić information content (AvgIpc) is 3.54. The lowest BCUT2D eigenvalue weighted by atomic mass is 10.0. The van der Waals surface area contributed by atoms with Gasteiger partial charge in [0.25, 0.3) is 32.1 Å². The van der Waals surface area contributed by atoms with Crippen LogP contribution in [0.25, 0.3) is 11.1 Å². The van der Waals surface area contributed by atoms with Crippen LogP contribution in [0.3, 0.4) is 0 Å². The summed E-state index contributed by atoms with van der Waals surface area (Å²) in [5.41, 5.74) is 0.888. The van der Waals surface area contributed by atoms with Gasteiger partial charge in [-0.25, -0.2) is 0 Å². The van der Waals surface area contributed by atoms with Crippen LogP contribution in [0.5, 0.6) is 0 Å². The second kappa shape index (κ2) is 13.2. The van der Waals surface area contributed by atoms with E-state index in [2.05, 4.69) is 30.7 Å². The molecular weight excluding hydrogens is 689 g/mol. The van der Waals surface area contributed by atoms with E-state index in [-0.39, 0.29) is 22.5 Å². The summed E-state index contributed by atoms with van der Waals surface area (Å²) in [6, 6.07) is 21.8. The van der Waals surface area contributed by atoms with Crippen molar-refractivity contribution in [3.05, 3.63) is 97.1 Å². The Morgan fingerprint density at radius 3 is 1.28 bits per heavy atom. The number of nitrogens with zero attached hydrogens (tertiary/aromatic N) is 8. The number of para-hydroxylation sites is 2. The Morgan fingerprint density at radius 2 is 0.940 bits per heavy atom. The van der Waals surface area contributed by atoms with Gasteiger partial charge in [0, 0.05) is 11.1 Å². The molecule has 18 heteroatoms. The lowest BCUT2D eigenvalue weighted by Crippen LogP contribution is -2.29. The molecule has 2 heterocycles. The number of hydrogen-bond acceptors (Lipinski definition) is 12. The summed E-state index contributed by atoms with van der Waals surface area (Å²) in [6.07, 6.45) is 0. The molecule has 2 N–H and O–H groups in total. The van der Waals surface area contributed by atoms with Crippen LogP contribution in [0, 0.1) is 0 Å². The van der Waals surface area contributed by atoms with E-state index >= 15 is 0 Å². The minimum Gasteiger partial charge on any atom is -0.282 e. The third kappa shape index (κ3) is 6.85. The fourth-order valence-corrected chi connectivity index (χ4v) is 6.60. The molecule has 2 atom stereocenters. The maximum absolute atomic E-state index is 13.0. The number of benzene rings is 4. The Hall–Kier alpha value is -5.82. The number of carbonyl (C=O) groups is 2. The van der Waals surface area contributed by atoms with E-state index in [0.29, 0.717) is 22.8 Å². The third-order valence-corrected chi connectivity index (χ3v) is 9.33. The quantitative estimate of drug-likeness (QED) is 0.164. The average molecular weight is 715 g/mol. The Labute approximate surface area is 285 Å². The molecule has 16 nitrogen and oxygen atoms in total. The van der Waals surface area contributed by atoms with E-state index in [1.165, 1.54) is 22.2 Å². The highest BCUT2D eigenvalue weighted by atomic mass is 32.2. The van der Waals surface area contributed by atoms with Crippen molar-refractivity contribution in [1.29, 1.82) is 0 Å². The number of carbonyl (C=O) groups excluding carboxylic acids is 2. The van der Waals surface area contributed by atoms with E-state index in [9.17, 15) is 35.5 Å². The molecule has 2 aliphatic rings. The van der Waals surface area contributed by atoms with Gasteiger partial charge in [0.2, 0.25) is 0 Å². The predicted molar refractivity (Wildman–Crippen MR) is 182 cm³/mol. The molecule has 0 saturated heterocycles. The summed E-state index contributed by atoms with van der Waals surface area (Å²) in [7, 11) is -10.0. The van der Waals surface area contributed by atoms with Crippen molar-refractivity contribution < 1.29 is 35.5 Å². The summed E-state index contributed by atoms with van der Waals surface area (Å²) in [5.74, 6) is -0.986. The number of anilines is 2. The molecule has 2 aliphatic heterocycles. The highest BCUT2D eigenvalue weighted by molar-refractivity contribution is 7.86. The van der Waals surface area contributed by atoms with Crippen LogP contribution >= 0.6 is 0 Å². The highest BCUT2D eigenvalue weighted by Gasteiger charge is 2.36. The second-order valence-electron chi connectivity index (χ2n) is 11.0. The number of hydrazone groups is 2. The van der Waals surface area contributed by atoms with Crippen LogP contribution < -0.4 is 10.0 Å². The van der Waals surface area contributed by atoms with Gasteiger partial charge in [0.15, 0.2) is 12.1 Å². The minimum atomic E-state index is -5.02. The van der Waals surface area contributed by atoms with E-state index in [1.54, 1.807) is 74.5 Å². The summed E-state index contributed by atoms with van der Waals surface area (Å²) < 4.78 is 70.3. The van der Waals surface area contributed by atoms with Crippen LogP contribution in [0.4, 0.5) is 22.7 Å². The van der Waals surface area contributed by atoms with Gasteiger partial charge < -0.3 is 0 Å². The van der Waals surface area contributed by atoms with Crippen molar-refractivity contribution in [3.63, 3.8) is 0 Å². The van der Waals surface area contributed by atoms with Crippen LogP contribution in [0.15, 0.2) is 138 Å². The van der Waals surface area contributed by atoms with E-state index in [1.807, 2.05) is 0 Å². The zero-order valence-electron chi connectivity index (χ0n) is 26.1. The van der Waals surface area contributed by atoms with Crippen molar-refractivity contribution in [2.45, 2.75) is 35.7 Å². The molecule has 0 fully saturated rings. The summed E-state index contributed by atoms with van der Waals surface area (Å²) in [6.45, 7) is 3.16. The maximum Gasteiger partial charge on any atom is 0.295 e. The van der Waals surface area contributed by atoms with Crippen molar-refractivity contribution in [3.8, 4) is 11.1 Å². The van der Waals surface area contributed by atoms with Crippen molar-refractivity contribution in [2.24, 2.45) is 30.7 Å². The first-order valence-corrected chi connectivity index (χ1v) is 17.5. The first-order valence-electron chi connectivity index (χ1n) is 14.7. The van der Waals surface area contributed by atoms with E-state index in [4.69, 9.17) is 0 Å². The fraction of sp³-hybridized carbons (Fsp3) is 0.125. The minimum absolute atomic E-state index is 0.0956. The normalized spacial score (nSPS) is 18.4. The first-order chi connectivity index (χ1) is 23.7. The highest BCUT2D eigenvalue weighted by Crippen LogP contribution is 2.37. The third-order valence-electron chi connectivity index (χ3n) is 7.55. The number of azo groups is 2. The molecule has 0 saturated carbocycles. The molecule has 0 aliphatic carbocycles.